The van der Waals surface area contributed by atoms with E-state index in [-0.39, 0.29) is 6.10 Å². The zero-order chi connectivity index (χ0) is 14.8. The maximum atomic E-state index is 10.1. The highest BCUT2D eigenvalue weighted by molar-refractivity contribution is 5.89. The van der Waals surface area contributed by atoms with Crippen LogP contribution in [0.4, 0.5) is 0 Å². The molecule has 1 aliphatic rings. The smallest absolute Gasteiger partial charge is 0.133 e. The lowest BCUT2D eigenvalue weighted by molar-refractivity contribution is 0.123. The Bertz CT molecular complexity index is 618. The molecule has 2 unspecified atom stereocenters. The Balaban J connectivity index is 1.99. The van der Waals surface area contributed by atoms with Crippen LogP contribution in [0.1, 0.15) is 51.2 Å². The van der Waals surface area contributed by atoms with Gasteiger partial charge in [0.1, 0.15) is 5.75 Å². The molecule has 0 heterocycles. The van der Waals surface area contributed by atoms with Gasteiger partial charge in [-0.25, -0.2) is 0 Å². The summed E-state index contributed by atoms with van der Waals surface area (Å²) in [7, 11) is 0. The predicted octanol–water partition coefficient (Wildman–Crippen LogP) is 4.85. The first kappa shape index (κ1) is 14.4. The van der Waals surface area contributed by atoms with Gasteiger partial charge in [0.15, 0.2) is 0 Å². The van der Waals surface area contributed by atoms with E-state index in [1.807, 2.05) is 18.2 Å². The standard InChI is InChI=1S/C19H24O2/c1-13-6-5-8-16(12-13)21-19-17(14(2)20)11-10-15-7-3-4-9-18(15)19/h3-4,7,9-11,13-14,16,20H,5-6,8,12H2,1-2H3/t13?,14-,16?/m0/s1. The first-order valence-corrected chi connectivity index (χ1v) is 8.01. The summed E-state index contributed by atoms with van der Waals surface area (Å²) in [5, 5.41) is 12.3. The molecule has 2 aromatic carbocycles. The van der Waals surface area contributed by atoms with E-state index in [0.29, 0.717) is 0 Å². The molecule has 2 heteroatoms. The molecule has 0 radical (unpaired) electrons. The van der Waals surface area contributed by atoms with Crippen LogP contribution >= 0.6 is 0 Å². The van der Waals surface area contributed by atoms with Crippen molar-refractivity contribution in [2.24, 2.45) is 5.92 Å². The summed E-state index contributed by atoms with van der Waals surface area (Å²) in [4.78, 5) is 0. The lowest BCUT2D eigenvalue weighted by atomic mass is 9.88. The Morgan fingerprint density at radius 2 is 1.95 bits per heavy atom. The predicted molar refractivity (Wildman–Crippen MR) is 86.6 cm³/mol. The molecule has 2 aromatic rings. The van der Waals surface area contributed by atoms with Crippen LogP contribution in [0.25, 0.3) is 10.8 Å². The minimum atomic E-state index is -0.509. The van der Waals surface area contributed by atoms with Crippen molar-refractivity contribution in [1.82, 2.24) is 0 Å². The van der Waals surface area contributed by atoms with Gasteiger partial charge in [0.25, 0.3) is 0 Å². The van der Waals surface area contributed by atoms with E-state index < -0.39 is 6.10 Å². The lowest BCUT2D eigenvalue weighted by Gasteiger charge is -2.29. The highest BCUT2D eigenvalue weighted by Gasteiger charge is 2.23. The number of ether oxygens (including phenoxy) is 1. The Morgan fingerprint density at radius 1 is 1.14 bits per heavy atom. The third-order valence-corrected chi connectivity index (χ3v) is 4.53. The van der Waals surface area contributed by atoms with Gasteiger partial charge in [-0.3, -0.25) is 0 Å². The van der Waals surface area contributed by atoms with Gasteiger partial charge < -0.3 is 9.84 Å². The number of hydrogen-bond acceptors (Lipinski definition) is 2. The molecule has 0 bridgehead atoms. The molecule has 0 spiro atoms. The minimum absolute atomic E-state index is 0.275. The molecule has 1 aliphatic carbocycles. The Hall–Kier alpha value is -1.54. The molecule has 0 saturated heterocycles. The fourth-order valence-electron chi connectivity index (χ4n) is 3.37. The molecule has 2 nitrogen and oxygen atoms in total. The van der Waals surface area contributed by atoms with Gasteiger partial charge >= 0.3 is 0 Å². The highest BCUT2D eigenvalue weighted by atomic mass is 16.5. The SMILES string of the molecule is CC1CCCC(Oc2c([C@H](C)O)ccc3ccccc23)C1. The summed E-state index contributed by atoms with van der Waals surface area (Å²) >= 11 is 0. The van der Waals surface area contributed by atoms with Gasteiger partial charge in [0, 0.05) is 10.9 Å². The van der Waals surface area contributed by atoms with E-state index in [4.69, 9.17) is 4.74 Å². The van der Waals surface area contributed by atoms with E-state index in [9.17, 15) is 5.11 Å². The number of benzene rings is 2. The molecular weight excluding hydrogens is 260 g/mol. The Kier molecular flexibility index (Phi) is 4.16. The van der Waals surface area contributed by atoms with Crippen molar-refractivity contribution in [2.45, 2.75) is 51.7 Å². The van der Waals surface area contributed by atoms with Crippen molar-refractivity contribution in [2.75, 3.05) is 0 Å². The maximum Gasteiger partial charge on any atom is 0.133 e. The van der Waals surface area contributed by atoms with Crippen LogP contribution in [0, 0.1) is 5.92 Å². The van der Waals surface area contributed by atoms with Crippen LogP contribution < -0.4 is 4.74 Å². The van der Waals surface area contributed by atoms with Gasteiger partial charge in [0.05, 0.1) is 12.2 Å². The van der Waals surface area contributed by atoms with Gasteiger partial charge in [-0.1, -0.05) is 49.7 Å². The first-order valence-electron chi connectivity index (χ1n) is 8.01. The summed E-state index contributed by atoms with van der Waals surface area (Å²) in [5.74, 6) is 1.61. The van der Waals surface area contributed by atoms with Crippen molar-refractivity contribution in [3.8, 4) is 5.75 Å². The van der Waals surface area contributed by atoms with E-state index in [1.54, 1.807) is 6.92 Å². The molecule has 0 amide bonds. The van der Waals surface area contributed by atoms with Crippen molar-refractivity contribution < 1.29 is 9.84 Å². The van der Waals surface area contributed by atoms with Crippen molar-refractivity contribution in [3.05, 3.63) is 42.0 Å². The largest absolute Gasteiger partial charge is 0.489 e. The Labute approximate surface area is 126 Å². The number of rotatable bonds is 3. The van der Waals surface area contributed by atoms with E-state index >= 15 is 0 Å². The zero-order valence-corrected chi connectivity index (χ0v) is 12.9. The Morgan fingerprint density at radius 3 is 2.71 bits per heavy atom. The maximum absolute atomic E-state index is 10.1. The van der Waals surface area contributed by atoms with Crippen LogP contribution in [0.3, 0.4) is 0 Å². The molecule has 3 atom stereocenters. The topological polar surface area (TPSA) is 29.5 Å². The summed E-state index contributed by atoms with van der Waals surface area (Å²) in [6.45, 7) is 4.11. The molecule has 1 saturated carbocycles. The molecule has 0 aromatic heterocycles. The number of fused-ring (bicyclic) bond motifs is 1. The highest BCUT2D eigenvalue weighted by Crippen LogP contribution is 2.36. The normalized spacial score (nSPS) is 24.0. The third-order valence-electron chi connectivity index (χ3n) is 4.53. The average molecular weight is 284 g/mol. The van der Waals surface area contributed by atoms with Crippen LogP contribution in [-0.2, 0) is 0 Å². The number of aliphatic hydroxyl groups excluding tert-OH is 1. The van der Waals surface area contributed by atoms with Crippen molar-refractivity contribution >= 4 is 10.8 Å². The fourth-order valence-corrected chi connectivity index (χ4v) is 3.37. The molecule has 3 rings (SSSR count). The van der Waals surface area contributed by atoms with Gasteiger partial charge in [0.2, 0.25) is 0 Å². The van der Waals surface area contributed by atoms with E-state index in [1.165, 1.54) is 18.2 Å². The molecule has 112 valence electrons. The number of hydrogen-bond donors (Lipinski definition) is 1. The second-order valence-corrected chi connectivity index (χ2v) is 6.39. The second-order valence-electron chi connectivity index (χ2n) is 6.39. The molecular formula is C19H24O2. The molecule has 0 aliphatic heterocycles. The summed E-state index contributed by atoms with van der Waals surface area (Å²) < 4.78 is 6.37. The van der Waals surface area contributed by atoms with E-state index in [0.717, 1.165) is 35.5 Å². The average Bonchev–Trinajstić information content (AvgIpc) is 2.47. The second kappa shape index (κ2) is 6.07. The van der Waals surface area contributed by atoms with Crippen molar-refractivity contribution in [1.29, 1.82) is 0 Å². The molecule has 21 heavy (non-hydrogen) atoms. The quantitative estimate of drug-likeness (QED) is 0.873. The van der Waals surface area contributed by atoms with E-state index in [2.05, 4.69) is 25.1 Å². The monoisotopic (exact) mass is 284 g/mol. The van der Waals surface area contributed by atoms with Gasteiger partial charge in [-0.05, 0) is 37.5 Å². The van der Waals surface area contributed by atoms with Crippen LogP contribution in [0.2, 0.25) is 0 Å². The zero-order valence-electron chi connectivity index (χ0n) is 12.9. The summed E-state index contributed by atoms with van der Waals surface area (Å²) in [6.07, 6.45) is 4.54. The molecule has 1 N–H and O–H groups in total. The first-order chi connectivity index (χ1) is 10.1. The van der Waals surface area contributed by atoms with Crippen molar-refractivity contribution in [3.63, 3.8) is 0 Å². The number of aliphatic hydroxyl groups is 1. The van der Waals surface area contributed by atoms with Gasteiger partial charge in [-0.15, -0.1) is 0 Å². The summed E-state index contributed by atoms with van der Waals surface area (Å²) in [6, 6.07) is 12.3. The third kappa shape index (κ3) is 3.06. The molecule has 1 fully saturated rings. The van der Waals surface area contributed by atoms with Crippen LogP contribution in [0.15, 0.2) is 36.4 Å². The van der Waals surface area contributed by atoms with Crippen LogP contribution in [0.5, 0.6) is 5.75 Å². The lowest BCUT2D eigenvalue weighted by Crippen LogP contribution is -2.24. The van der Waals surface area contributed by atoms with Crippen LogP contribution in [-0.4, -0.2) is 11.2 Å². The summed E-state index contributed by atoms with van der Waals surface area (Å²) in [5.41, 5.74) is 0.895. The minimum Gasteiger partial charge on any atom is -0.489 e. The fraction of sp³-hybridized carbons (Fsp3) is 0.474. The van der Waals surface area contributed by atoms with Gasteiger partial charge in [-0.2, -0.15) is 0 Å².